The summed E-state index contributed by atoms with van der Waals surface area (Å²) in [5, 5.41) is 0.453. The smallest absolute Gasteiger partial charge is 0.153 e. The fraction of sp³-hybridized carbons (Fsp3) is 0.222. The Bertz CT molecular complexity index is 302. The number of hydrogen-bond acceptors (Lipinski definition) is 2. The number of hydrogen-bond donors (Lipinski definition) is 0. The third-order valence-corrected chi connectivity index (χ3v) is 1.67. The van der Waals surface area contributed by atoms with Crippen LogP contribution in [-0.2, 0) is 0 Å². The van der Waals surface area contributed by atoms with Crippen LogP contribution in [0.4, 0.5) is 4.39 Å². The SMILES string of the molecule is O=Cc1cc(Cl)ccc1OCCF. The summed E-state index contributed by atoms with van der Waals surface area (Å²) in [5.41, 5.74) is 0.334. The highest BCUT2D eigenvalue weighted by molar-refractivity contribution is 6.30. The topological polar surface area (TPSA) is 26.3 Å². The van der Waals surface area contributed by atoms with E-state index in [2.05, 4.69) is 0 Å². The van der Waals surface area contributed by atoms with Crippen molar-refractivity contribution in [3.05, 3.63) is 28.8 Å². The van der Waals surface area contributed by atoms with E-state index in [1.165, 1.54) is 6.07 Å². The predicted octanol–water partition coefficient (Wildman–Crippen LogP) is 2.50. The summed E-state index contributed by atoms with van der Waals surface area (Å²) in [6.07, 6.45) is 0.624. The number of halogens is 2. The van der Waals surface area contributed by atoms with E-state index >= 15 is 0 Å². The molecule has 4 heteroatoms. The minimum absolute atomic E-state index is 0.0531. The Hall–Kier alpha value is -1.09. The number of aldehydes is 1. The lowest BCUT2D eigenvalue weighted by Crippen LogP contribution is -2.00. The molecule has 0 radical (unpaired) electrons. The van der Waals surface area contributed by atoms with Gasteiger partial charge in [0, 0.05) is 5.02 Å². The normalized spacial score (nSPS) is 9.69. The van der Waals surface area contributed by atoms with E-state index < -0.39 is 6.67 Å². The van der Waals surface area contributed by atoms with Crippen molar-refractivity contribution in [2.45, 2.75) is 0 Å². The van der Waals surface area contributed by atoms with Crippen LogP contribution in [0.3, 0.4) is 0 Å². The quantitative estimate of drug-likeness (QED) is 0.702. The average molecular weight is 203 g/mol. The summed E-state index contributed by atoms with van der Waals surface area (Å²) in [6.45, 7) is -0.636. The zero-order valence-corrected chi connectivity index (χ0v) is 7.55. The first kappa shape index (κ1) is 9.99. The van der Waals surface area contributed by atoms with E-state index in [-0.39, 0.29) is 6.61 Å². The Morgan fingerprint density at radius 1 is 1.54 bits per heavy atom. The molecule has 0 heterocycles. The third kappa shape index (κ3) is 2.70. The molecule has 70 valence electrons. The van der Waals surface area contributed by atoms with Crippen molar-refractivity contribution in [1.82, 2.24) is 0 Å². The van der Waals surface area contributed by atoms with Gasteiger partial charge in [0.05, 0.1) is 5.56 Å². The van der Waals surface area contributed by atoms with E-state index in [0.29, 0.717) is 22.6 Å². The minimum atomic E-state index is -0.582. The van der Waals surface area contributed by atoms with Gasteiger partial charge in [-0.25, -0.2) is 4.39 Å². The maximum absolute atomic E-state index is 11.8. The predicted molar refractivity (Wildman–Crippen MR) is 48.3 cm³/mol. The summed E-state index contributed by atoms with van der Waals surface area (Å²) in [7, 11) is 0. The molecule has 1 aromatic carbocycles. The Kier molecular flexibility index (Phi) is 3.71. The summed E-state index contributed by atoms with van der Waals surface area (Å²) < 4.78 is 16.7. The van der Waals surface area contributed by atoms with Crippen LogP contribution in [-0.4, -0.2) is 19.6 Å². The maximum atomic E-state index is 11.8. The number of carbonyl (C=O) groups excluding carboxylic acids is 1. The van der Waals surface area contributed by atoms with Crippen LogP contribution in [0, 0.1) is 0 Å². The number of ether oxygens (including phenoxy) is 1. The highest BCUT2D eigenvalue weighted by atomic mass is 35.5. The van der Waals surface area contributed by atoms with E-state index in [9.17, 15) is 9.18 Å². The Morgan fingerprint density at radius 2 is 2.31 bits per heavy atom. The van der Waals surface area contributed by atoms with Crippen LogP contribution < -0.4 is 4.74 Å². The molecule has 0 unspecified atom stereocenters. The van der Waals surface area contributed by atoms with Gasteiger partial charge in [-0.05, 0) is 18.2 Å². The van der Waals surface area contributed by atoms with Crippen LogP contribution in [0.1, 0.15) is 10.4 Å². The maximum Gasteiger partial charge on any atom is 0.153 e. The van der Waals surface area contributed by atoms with Gasteiger partial charge in [-0.3, -0.25) is 4.79 Å². The van der Waals surface area contributed by atoms with Gasteiger partial charge in [-0.2, -0.15) is 0 Å². The first-order valence-corrected chi connectivity index (χ1v) is 4.09. The summed E-state index contributed by atoms with van der Waals surface area (Å²) in [6, 6.07) is 4.60. The van der Waals surface area contributed by atoms with Crippen molar-refractivity contribution in [2.75, 3.05) is 13.3 Å². The van der Waals surface area contributed by atoms with Crippen LogP contribution in [0.25, 0.3) is 0 Å². The van der Waals surface area contributed by atoms with E-state index in [0.717, 1.165) is 0 Å². The van der Waals surface area contributed by atoms with Crippen molar-refractivity contribution in [1.29, 1.82) is 0 Å². The number of carbonyl (C=O) groups is 1. The highest BCUT2D eigenvalue weighted by Gasteiger charge is 2.02. The molecule has 0 aliphatic carbocycles. The second-order valence-electron chi connectivity index (χ2n) is 2.34. The van der Waals surface area contributed by atoms with Gasteiger partial charge in [0.1, 0.15) is 19.0 Å². The molecule has 1 aromatic rings. The zero-order valence-electron chi connectivity index (χ0n) is 6.80. The van der Waals surface area contributed by atoms with Crippen molar-refractivity contribution in [2.24, 2.45) is 0 Å². The van der Waals surface area contributed by atoms with Gasteiger partial charge in [0.2, 0.25) is 0 Å². The molecule has 0 fully saturated rings. The molecule has 0 spiro atoms. The molecule has 0 N–H and O–H groups in total. The molecule has 2 nitrogen and oxygen atoms in total. The highest BCUT2D eigenvalue weighted by Crippen LogP contribution is 2.21. The second kappa shape index (κ2) is 4.82. The zero-order chi connectivity index (χ0) is 9.68. The van der Waals surface area contributed by atoms with Gasteiger partial charge in [-0.1, -0.05) is 11.6 Å². The molecule has 0 aliphatic rings. The van der Waals surface area contributed by atoms with Gasteiger partial charge >= 0.3 is 0 Å². The Morgan fingerprint density at radius 3 is 2.92 bits per heavy atom. The van der Waals surface area contributed by atoms with Gasteiger partial charge < -0.3 is 4.74 Å². The Labute approximate surface area is 80.3 Å². The second-order valence-corrected chi connectivity index (χ2v) is 2.77. The van der Waals surface area contributed by atoms with Crippen LogP contribution in [0.2, 0.25) is 5.02 Å². The molecule has 13 heavy (non-hydrogen) atoms. The standard InChI is InChI=1S/C9H8ClFO2/c10-8-1-2-9(13-4-3-11)7(5-8)6-12/h1-2,5-6H,3-4H2. The first-order valence-electron chi connectivity index (χ1n) is 3.71. The Balaban J connectivity index is 2.86. The lowest BCUT2D eigenvalue weighted by molar-refractivity contribution is 0.111. The molecule has 0 aromatic heterocycles. The molecule has 0 amide bonds. The average Bonchev–Trinajstić information content (AvgIpc) is 2.16. The van der Waals surface area contributed by atoms with E-state index in [4.69, 9.17) is 16.3 Å². The van der Waals surface area contributed by atoms with Gasteiger partial charge in [0.25, 0.3) is 0 Å². The van der Waals surface area contributed by atoms with Crippen molar-refractivity contribution in [3.8, 4) is 5.75 Å². The molecule has 0 saturated carbocycles. The lowest BCUT2D eigenvalue weighted by Gasteiger charge is -2.05. The van der Waals surface area contributed by atoms with Crippen molar-refractivity contribution >= 4 is 17.9 Å². The molecule has 0 atom stereocenters. The number of benzene rings is 1. The van der Waals surface area contributed by atoms with Gasteiger partial charge in [0.15, 0.2) is 6.29 Å². The minimum Gasteiger partial charge on any atom is -0.490 e. The lowest BCUT2D eigenvalue weighted by atomic mass is 10.2. The molecule has 0 saturated heterocycles. The molecular weight excluding hydrogens is 195 g/mol. The fourth-order valence-electron chi connectivity index (χ4n) is 0.891. The van der Waals surface area contributed by atoms with Crippen LogP contribution in [0.5, 0.6) is 5.75 Å². The van der Waals surface area contributed by atoms with E-state index in [1.54, 1.807) is 12.1 Å². The van der Waals surface area contributed by atoms with Gasteiger partial charge in [-0.15, -0.1) is 0 Å². The first-order chi connectivity index (χ1) is 6.27. The third-order valence-electron chi connectivity index (χ3n) is 1.43. The van der Waals surface area contributed by atoms with Crippen molar-refractivity contribution in [3.63, 3.8) is 0 Å². The molecule has 0 aliphatic heterocycles. The summed E-state index contributed by atoms with van der Waals surface area (Å²) in [5.74, 6) is 0.358. The largest absolute Gasteiger partial charge is 0.490 e. The molecule has 0 bridgehead atoms. The summed E-state index contributed by atoms with van der Waals surface area (Å²) >= 11 is 5.64. The molecule has 1 rings (SSSR count). The number of alkyl halides is 1. The van der Waals surface area contributed by atoms with Crippen molar-refractivity contribution < 1.29 is 13.9 Å². The van der Waals surface area contributed by atoms with E-state index in [1.807, 2.05) is 0 Å². The molecular formula is C9H8ClFO2. The number of rotatable bonds is 4. The van der Waals surface area contributed by atoms with Crippen LogP contribution in [0.15, 0.2) is 18.2 Å². The monoisotopic (exact) mass is 202 g/mol. The fourth-order valence-corrected chi connectivity index (χ4v) is 1.07. The van der Waals surface area contributed by atoms with Crippen LogP contribution >= 0.6 is 11.6 Å². The summed E-state index contributed by atoms with van der Waals surface area (Å²) in [4.78, 5) is 10.5.